The summed E-state index contributed by atoms with van der Waals surface area (Å²) < 4.78 is 0. The van der Waals surface area contributed by atoms with Crippen molar-refractivity contribution in [2.75, 3.05) is 5.32 Å². The Kier molecular flexibility index (Phi) is 2.89. The van der Waals surface area contributed by atoms with Crippen molar-refractivity contribution in [1.29, 1.82) is 0 Å². The predicted octanol–water partition coefficient (Wildman–Crippen LogP) is 2.06. The Balaban J connectivity index is 2.03. The molecule has 1 aliphatic rings. The third-order valence-electron chi connectivity index (χ3n) is 2.56. The van der Waals surface area contributed by atoms with E-state index in [0.717, 1.165) is 24.9 Å². The normalized spacial score (nSPS) is 26.4. The van der Waals surface area contributed by atoms with Crippen molar-refractivity contribution in [1.82, 2.24) is 4.98 Å². The van der Waals surface area contributed by atoms with Gasteiger partial charge in [0.25, 0.3) is 0 Å². The first kappa shape index (κ1) is 9.74. The smallest absolute Gasteiger partial charge is 0.131 e. The molecule has 1 aromatic rings. The number of aliphatic hydroxyl groups is 1. The minimum atomic E-state index is -0.234. The van der Waals surface area contributed by atoms with Gasteiger partial charge in [0.15, 0.2) is 0 Å². The van der Waals surface area contributed by atoms with E-state index >= 15 is 0 Å². The molecule has 76 valence electrons. The summed E-state index contributed by atoms with van der Waals surface area (Å²) in [6.45, 7) is 0. The van der Waals surface area contributed by atoms with E-state index < -0.39 is 0 Å². The minimum Gasteiger partial charge on any atom is -0.391 e. The first-order chi connectivity index (χ1) is 6.75. The Bertz CT molecular complexity index is 319. The van der Waals surface area contributed by atoms with Crippen molar-refractivity contribution in [2.24, 2.45) is 0 Å². The molecule has 14 heavy (non-hydrogen) atoms. The van der Waals surface area contributed by atoms with Crippen LogP contribution in [0.3, 0.4) is 0 Å². The lowest BCUT2D eigenvalue weighted by atomic mass is 10.2. The highest BCUT2D eigenvalue weighted by molar-refractivity contribution is 6.29. The summed E-state index contributed by atoms with van der Waals surface area (Å²) in [5, 5.41) is 13.3. The molecule has 0 saturated heterocycles. The zero-order valence-corrected chi connectivity index (χ0v) is 8.54. The highest BCUT2D eigenvalue weighted by Crippen LogP contribution is 2.23. The van der Waals surface area contributed by atoms with E-state index in [1.165, 1.54) is 0 Å². The molecule has 0 unspecified atom stereocenters. The molecule has 0 radical (unpaired) electrons. The lowest BCUT2D eigenvalue weighted by Gasteiger charge is -2.17. The molecule has 2 rings (SSSR count). The molecular weight excluding hydrogens is 200 g/mol. The Morgan fingerprint density at radius 3 is 3.00 bits per heavy atom. The quantitative estimate of drug-likeness (QED) is 0.738. The van der Waals surface area contributed by atoms with E-state index in [4.69, 9.17) is 11.6 Å². The topological polar surface area (TPSA) is 45.1 Å². The van der Waals surface area contributed by atoms with E-state index in [9.17, 15) is 5.11 Å². The number of aliphatic hydroxyl groups excluding tert-OH is 1. The van der Waals surface area contributed by atoms with Crippen molar-refractivity contribution in [3.63, 3.8) is 0 Å². The van der Waals surface area contributed by atoms with Gasteiger partial charge in [0.1, 0.15) is 5.15 Å². The van der Waals surface area contributed by atoms with Crippen LogP contribution in [0, 0.1) is 0 Å². The zero-order chi connectivity index (χ0) is 9.97. The first-order valence-corrected chi connectivity index (χ1v) is 5.19. The number of hydrogen-bond donors (Lipinski definition) is 2. The monoisotopic (exact) mass is 212 g/mol. The summed E-state index contributed by atoms with van der Waals surface area (Å²) in [5.74, 6) is 0. The fourth-order valence-electron chi connectivity index (χ4n) is 1.82. The molecule has 4 heteroatoms. The number of halogens is 1. The standard InChI is InChI=1S/C10H13ClN2O/c11-10-6-7(4-5-12-10)13-8-2-1-3-9(8)14/h4-6,8-9,14H,1-3H2,(H,12,13)/t8-,9+/m0/s1. The van der Waals surface area contributed by atoms with Crippen LogP contribution in [-0.2, 0) is 0 Å². The average molecular weight is 213 g/mol. The summed E-state index contributed by atoms with van der Waals surface area (Å²) in [4.78, 5) is 3.90. The van der Waals surface area contributed by atoms with Crippen LogP contribution in [0.1, 0.15) is 19.3 Å². The lowest BCUT2D eigenvalue weighted by Crippen LogP contribution is -2.27. The van der Waals surface area contributed by atoms with Crippen LogP contribution >= 0.6 is 11.6 Å². The van der Waals surface area contributed by atoms with Gasteiger partial charge in [-0.3, -0.25) is 0 Å². The van der Waals surface area contributed by atoms with E-state index in [1.807, 2.05) is 6.07 Å². The van der Waals surface area contributed by atoms with Crippen LogP contribution < -0.4 is 5.32 Å². The summed E-state index contributed by atoms with van der Waals surface area (Å²) in [7, 11) is 0. The molecule has 2 atom stereocenters. The summed E-state index contributed by atoms with van der Waals surface area (Å²) >= 11 is 5.75. The van der Waals surface area contributed by atoms with Crippen LogP contribution in [0.5, 0.6) is 0 Å². The molecule has 0 aliphatic heterocycles. The second kappa shape index (κ2) is 4.15. The maximum Gasteiger partial charge on any atom is 0.131 e. The molecule has 3 nitrogen and oxygen atoms in total. The van der Waals surface area contributed by atoms with Crippen LogP contribution in [0.25, 0.3) is 0 Å². The number of pyridine rings is 1. The van der Waals surface area contributed by atoms with Gasteiger partial charge in [-0.2, -0.15) is 0 Å². The SMILES string of the molecule is O[C@@H]1CCC[C@@H]1Nc1ccnc(Cl)c1. The third-order valence-corrected chi connectivity index (χ3v) is 2.76. The molecular formula is C10H13ClN2O. The Hall–Kier alpha value is -0.800. The van der Waals surface area contributed by atoms with Gasteiger partial charge in [0.05, 0.1) is 12.1 Å². The fraction of sp³-hybridized carbons (Fsp3) is 0.500. The summed E-state index contributed by atoms with van der Waals surface area (Å²) in [6.07, 6.45) is 4.41. The molecule has 1 heterocycles. The van der Waals surface area contributed by atoms with Gasteiger partial charge < -0.3 is 10.4 Å². The van der Waals surface area contributed by atoms with Crippen LogP contribution in [-0.4, -0.2) is 22.2 Å². The van der Waals surface area contributed by atoms with Gasteiger partial charge in [-0.05, 0) is 31.4 Å². The van der Waals surface area contributed by atoms with E-state index in [1.54, 1.807) is 12.3 Å². The summed E-state index contributed by atoms with van der Waals surface area (Å²) in [5.41, 5.74) is 0.927. The molecule has 1 fully saturated rings. The average Bonchev–Trinajstić information content (AvgIpc) is 2.52. The molecule has 0 amide bonds. The molecule has 0 bridgehead atoms. The van der Waals surface area contributed by atoms with Crippen LogP contribution in [0.15, 0.2) is 18.3 Å². The van der Waals surface area contributed by atoms with Gasteiger partial charge >= 0.3 is 0 Å². The van der Waals surface area contributed by atoms with Crippen molar-refractivity contribution in [2.45, 2.75) is 31.4 Å². The van der Waals surface area contributed by atoms with Crippen molar-refractivity contribution >= 4 is 17.3 Å². The maximum absolute atomic E-state index is 9.61. The van der Waals surface area contributed by atoms with Crippen molar-refractivity contribution < 1.29 is 5.11 Å². The van der Waals surface area contributed by atoms with E-state index in [2.05, 4.69) is 10.3 Å². The number of hydrogen-bond acceptors (Lipinski definition) is 3. The minimum absolute atomic E-state index is 0.161. The van der Waals surface area contributed by atoms with Gasteiger partial charge in [0.2, 0.25) is 0 Å². The number of rotatable bonds is 2. The number of nitrogens with zero attached hydrogens (tertiary/aromatic N) is 1. The van der Waals surface area contributed by atoms with Crippen LogP contribution in [0.4, 0.5) is 5.69 Å². The van der Waals surface area contributed by atoms with Gasteiger partial charge in [-0.15, -0.1) is 0 Å². The maximum atomic E-state index is 9.61. The molecule has 0 spiro atoms. The highest BCUT2D eigenvalue weighted by atomic mass is 35.5. The second-order valence-electron chi connectivity index (χ2n) is 3.62. The Morgan fingerprint density at radius 1 is 1.50 bits per heavy atom. The Morgan fingerprint density at radius 2 is 2.36 bits per heavy atom. The van der Waals surface area contributed by atoms with Crippen molar-refractivity contribution in [3.8, 4) is 0 Å². The molecule has 2 N–H and O–H groups in total. The largest absolute Gasteiger partial charge is 0.391 e. The molecule has 1 saturated carbocycles. The lowest BCUT2D eigenvalue weighted by molar-refractivity contribution is 0.172. The molecule has 1 aromatic heterocycles. The second-order valence-corrected chi connectivity index (χ2v) is 4.00. The zero-order valence-electron chi connectivity index (χ0n) is 7.78. The fourth-order valence-corrected chi connectivity index (χ4v) is 1.99. The summed E-state index contributed by atoms with van der Waals surface area (Å²) in [6, 6.07) is 3.79. The van der Waals surface area contributed by atoms with Crippen LogP contribution in [0.2, 0.25) is 5.15 Å². The number of nitrogens with one attached hydrogen (secondary N) is 1. The van der Waals surface area contributed by atoms with E-state index in [-0.39, 0.29) is 12.1 Å². The van der Waals surface area contributed by atoms with Gasteiger partial charge in [-0.25, -0.2) is 4.98 Å². The van der Waals surface area contributed by atoms with Gasteiger partial charge in [-0.1, -0.05) is 11.6 Å². The number of aromatic nitrogens is 1. The molecule has 0 aromatic carbocycles. The predicted molar refractivity (Wildman–Crippen MR) is 56.5 cm³/mol. The highest BCUT2D eigenvalue weighted by Gasteiger charge is 2.24. The first-order valence-electron chi connectivity index (χ1n) is 4.82. The van der Waals surface area contributed by atoms with E-state index in [0.29, 0.717) is 5.15 Å². The van der Waals surface area contributed by atoms with Crippen molar-refractivity contribution in [3.05, 3.63) is 23.5 Å². The number of anilines is 1. The third kappa shape index (κ3) is 2.16. The Labute approximate surface area is 88.1 Å². The van der Waals surface area contributed by atoms with Gasteiger partial charge in [0, 0.05) is 11.9 Å². The molecule has 1 aliphatic carbocycles.